The normalized spacial score (nSPS) is 14.9. The Morgan fingerprint density at radius 3 is 2.20 bits per heavy atom. The lowest BCUT2D eigenvalue weighted by molar-refractivity contribution is 0.131. The zero-order valence-corrected chi connectivity index (χ0v) is 17.6. The van der Waals surface area contributed by atoms with Crippen LogP contribution in [-0.2, 0) is 13.2 Å². The van der Waals surface area contributed by atoms with Gasteiger partial charge in [0.05, 0.1) is 6.21 Å². The van der Waals surface area contributed by atoms with Crippen LogP contribution < -0.4 is 4.74 Å². The smallest absolute Gasteiger partial charge is 0.119 e. The van der Waals surface area contributed by atoms with Crippen LogP contribution >= 0.6 is 0 Å². The Morgan fingerprint density at radius 1 is 0.800 bits per heavy atom. The second kappa shape index (κ2) is 10.1. The number of nitrogens with zero attached hydrogens (tertiary/aromatic N) is 3. The van der Waals surface area contributed by atoms with E-state index in [0.29, 0.717) is 6.61 Å². The highest BCUT2D eigenvalue weighted by atomic mass is 16.5. The summed E-state index contributed by atoms with van der Waals surface area (Å²) < 4.78 is 5.85. The van der Waals surface area contributed by atoms with E-state index in [2.05, 4.69) is 70.5 Å². The Balaban J connectivity index is 1.22. The molecule has 0 radical (unpaired) electrons. The summed E-state index contributed by atoms with van der Waals surface area (Å²) in [7, 11) is 0. The fraction of sp³-hybridized carbons (Fsp3) is 0.269. The van der Waals surface area contributed by atoms with E-state index in [-0.39, 0.29) is 0 Å². The van der Waals surface area contributed by atoms with Crippen molar-refractivity contribution in [2.75, 3.05) is 26.2 Å². The molecule has 0 bridgehead atoms. The molecule has 0 N–H and O–H groups in total. The van der Waals surface area contributed by atoms with E-state index >= 15 is 0 Å². The quantitative estimate of drug-likeness (QED) is 0.538. The van der Waals surface area contributed by atoms with Gasteiger partial charge in [-0.15, -0.1) is 0 Å². The first-order valence-corrected chi connectivity index (χ1v) is 10.6. The molecule has 30 heavy (non-hydrogen) atoms. The van der Waals surface area contributed by atoms with Crippen LogP contribution in [0.4, 0.5) is 0 Å². The van der Waals surface area contributed by atoms with Crippen LogP contribution in [0.25, 0.3) is 0 Å². The lowest BCUT2D eigenvalue weighted by Gasteiger charge is -2.33. The Hall–Kier alpha value is -3.11. The average molecular weight is 400 g/mol. The largest absolute Gasteiger partial charge is 0.489 e. The second-order valence-corrected chi connectivity index (χ2v) is 7.80. The molecule has 1 aliphatic rings. The monoisotopic (exact) mass is 399 g/mol. The van der Waals surface area contributed by atoms with Gasteiger partial charge in [-0.25, -0.2) is 0 Å². The average Bonchev–Trinajstić information content (AvgIpc) is 2.80. The minimum Gasteiger partial charge on any atom is -0.489 e. The van der Waals surface area contributed by atoms with Crippen molar-refractivity contribution in [1.82, 2.24) is 9.91 Å². The third-order valence-electron chi connectivity index (χ3n) is 5.37. The maximum atomic E-state index is 5.85. The maximum Gasteiger partial charge on any atom is 0.119 e. The van der Waals surface area contributed by atoms with E-state index in [0.717, 1.165) is 44.0 Å². The van der Waals surface area contributed by atoms with E-state index in [1.807, 2.05) is 36.5 Å². The van der Waals surface area contributed by atoms with Crippen LogP contribution in [-0.4, -0.2) is 42.3 Å². The molecule has 3 aromatic rings. The molecule has 4 rings (SSSR count). The predicted octanol–water partition coefficient (Wildman–Crippen LogP) is 4.73. The summed E-state index contributed by atoms with van der Waals surface area (Å²) >= 11 is 0. The molecule has 0 unspecified atom stereocenters. The van der Waals surface area contributed by atoms with Crippen molar-refractivity contribution in [1.29, 1.82) is 0 Å². The Bertz CT molecular complexity index is 928. The van der Waals surface area contributed by atoms with E-state index in [1.54, 1.807) is 0 Å². The molecule has 0 saturated carbocycles. The molecule has 0 aliphatic carbocycles. The molecule has 1 heterocycles. The molecule has 0 spiro atoms. The Morgan fingerprint density at radius 2 is 1.50 bits per heavy atom. The van der Waals surface area contributed by atoms with Gasteiger partial charge in [0, 0.05) is 32.7 Å². The topological polar surface area (TPSA) is 28.1 Å². The van der Waals surface area contributed by atoms with Gasteiger partial charge in [0.25, 0.3) is 0 Å². The number of aryl methyl sites for hydroxylation is 1. The van der Waals surface area contributed by atoms with Crippen molar-refractivity contribution in [3.05, 3.63) is 101 Å². The van der Waals surface area contributed by atoms with Crippen molar-refractivity contribution in [2.24, 2.45) is 5.10 Å². The maximum absolute atomic E-state index is 5.85. The summed E-state index contributed by atoms with van der Waals surface area (Å²) in [6.07, 6.45) is 1.94. The van der Waals surface area contributed by atoms with E-state index in [1.165, 1.54) is 16.7 Å². The summed E-state index contributed by atoms with van der Waals surface area (Å²) in [5.74, 6) is 0.876. The van der Waals surface area contributed by atoms with Crippen LogP contribution in [0.15, 0.2) is 84.0 Å². The number of rotatable bonds is 7. The summed E-state index contributed by atoms with van der Waals surface area (Å²) in [6, 6.07) is 27.2. The molecule has 154 valence electrons. The van der Waals surface area contributed by atoms with E-state index in [4.69, 9.17) is 4.74 Å². The number of ether oxygens (including phenoxy) is 1. The Labute approximate surface area is 179 Å². The molecule has 4 nitrogen and oxygen atoms in total. The highest BCUT2D eigenvalue weighted by Gasteiger charge is 2.15. The highest BCUT2D eigenvalue weighted by Crippen LogP contribution is 2.14. The van der Waals surface area contributed by atoms with Gasteiger partial charge in [-0.2, -0.15) is 5.10 Å². The van der Waals surface area contributed by atoms with Crippen LogP contribution in [0.5, 0.6) is 5.75 Å². The fourth-order valence-electron chi connectivity index (χ4n) is 3.50. The van der Waals surface area contributed by atoms with Gasteiger partial charge in [0.15, 0.2) is 0 Å². The molecule has 0 amide bonds. The van der Waals surface area contributed by atoms with Crippen molar-refractivity contribution in [3.63, 3.8) is 0 Å². The summed E-state index contributed by atoms with van der Waals surface area (Å²) in [4.78, 5) is 2.50. The lowest BCUT2D eigenvalue weighted by atomic mass is 10.1. The first kappa shape index (κ1) is 20.2. The van der Waals surface area contributed by atoms with Gasteiger partial charge in [-0.3, -0.25) is 9.91 Å². The molecular weight excluding hydrogens is 370 g/mol. The van der Waals surface area contributed by atoms with E-state index in [9.17, 15) is 0 Å². The second-order valence-electron chi connectivity index (χ2n) is 7.80. The molecular formula is C26H29N3O. The van der Waals surface area contributed by atoms with Gasteiger partial charge in [0.2, 0.25) is 0 Å². The molecule has 4 heteroatoms. The third kappa shape index (κ3) is 5.94. The first-order chi connectivity index (χ1) is 14.7. The molecule has 3 aromatic carbocycles. The molecule has 1 saturated heterocycles. The van der Waals surface area contributed by atoms with Gasteiger partial charge in [-0.1, -0.05) is 60.2 Å². The number of benzene rings is 3. The van der Waals surface area contributed by atoms with Crippen molar-refractivity contribution < 1.29 is 4.74 Å². The zero-order valence-electron chi connectivity index (χ0n) is 17.6. The standard InChI is InChI=1S/C26H29N3O/c1-22-7-9-24(10-8-22)20-28-15-17-29(18-16-28)27-19-23-11-13-26(14-12-23)30-21-25-5-3-2-4-6-25/h2-14,19H,15-18,20-21H2,1H3. The van der Waals surface area contributed by atoms with E-state index < -0.39 is 0 Å². The van der Waals surface area contributed by atoms with Crippen molar-refractivity contribution in [3.8, 4) is 5.75 Å². The van der Waals surface area contributed by atoms with Gasteiger partial charge in [-0.05, 0) is 47.9 Å². The number of hydrogen-bond acceptors (Lipinski definition) is 4. The minimum atomic E-state index is 0.584. The van der Waals surface area contributed by atoms with Gasteiger partial charge < -0.3 is 4.74 Å². The van der Waals surface area contributed by atoms with Gasteiger partial charge >= 0.3 is 0 Å². The molecule has 0 atom stereocenters. The summed E-state index contributed by atoms with van der Waals surface area (Å²) in [6.45, 7) is 7.73. The van der Waals surface area contributed by atoms with Crippen molar-refractivity contribution >= 4 is 6.21 Å². The SMILES string of the molecule is Cc1ccc(CN2CCN(N=Cc3ccc(OCc4ccccc4)cc3)CC2)cc1. The molecule has 1 aliphatic heterocycles. The number of hydrazone groups is 1. The van der Waals surface area contributed by atoms with Gasteiger partial charge in [0.1, 0.15) is 12.4 Å². The number of hydrogen-bond donors (Lipinski definition) is 0. The van der Waals surface area contributed by atoms with Crippen LogP contribution in [0.1, 0.15) is 22.3 Å². The summed E-state index contributed by atoms with van der Waals surface area (Å²) in [5.41, 5.74) is 4.95. The summed E-state index contributed by atoms with van der Waals surface area (Å²) in [5, 5.41) is 6.83. The Kier molecular flexibility index (Phi) is 6.78. The lowest BCUT2D eigenvalue weighted by Crippen LogP contribution is -2.43. The van der Waals surface area contributed by atoms with Crippen LogP contribution in [0.3, 0.4) is 0 Å². The predicted molar refractivity (Wildman–Crippen MR) is 123 cm³/mol. The fourth-order valence-corrected chi connectivity index (χ4v) is 3.50. The zero-order chi connectivity index (χ0) is 20.6. The minimum absolute atomic E-state index is 0.584. The number of piperazine rings is 1. The van der Waals surface area contributed by atoms with Crippen molar-refractivity contribution in [2.45, 2.75) is 20.1 Å². The highest BCUT2D eigenvalue weighted by molar-refractivity contribution is 5.79. The first-order valence-electron chi connectivity index (χ1n) is 10.6. The van der Waals surface area contributed by atoms with Crippen LogP contribution in [0, 0.1) is 6.92 Å². The molecule has 0 aromatic heterocycles. The molecule has 1 fully saturated rings. The van der Waals surface area contributed by atoms with Crippen LogP contribution in [0.2, 0.25) is 0 Å². The third-order valence-corrected chi connectivity index (χ3v) is 5.37.